The lowest BCUT2D eigenvalue weighted by Crippen LogP contribution is -2.07. The van der Waals surface area contributed by atoms with Crippen LogP contribution in [0.2, 0.25) is 5.02 Å². The molecule has 2 rings (SSSR count). The van der Waals surface area contributed by atoms with E-state index in [-0.39, 0.29) is 10.9 Å². The van der Waals surface area contributed by atoms with Crippen LogP contribution < -0.4 is 10.3 Å². The Balaban J connectivity index is 2.20. The molecule has 1 aromatic carbocycles. The van der Waals surface area contributed by atoms with Gasteiger partial charge in [-0.15, -0.1) is 0 Å². The monoisotopic (exact) mass is 278 g/mol. The normalized spacial score (nSPS) is 12.2. The van der Waals surface area contributed by atoms with Crippen LogP contribution in [0.25, 0.3) is 0 Å². The molecule has 0 aliphatic heterocycles. The average molecular weight is 279 g/mol. The lowest BCUT2D eigenvalue weighted by Gasteiger charge is -2.10. The van der Waals surface area contributed by atoms with Gasteiger partial charge in [0.2, 0.25) is 5.88 Å². The molecule has 0 radical (unpaired) electrons. The summed E-state index contributed by atoms with van der Waals surface area (Å²) in [5.41, 5.74) is 0.836. The Morgan fingerprint density at radius 3 is 2.68 bits per heavy atom. The molecule has 0 saturated heterocycles. The Labute approximate surface area is 116 Å². The molecule has 1 heterocycles. The molecule has 2 aromatic rings. The van der Waals surface area contributed by atoms with Gasteiger partial charge in [-0.25, -0.2) is 4.98 Å². The quantitative estimate of drug-likeness (QED) is 0.927. The highest BCUT2D eigenvalue weighted by Gasteiger charge is 2.09. The van der Waals surface area contributed by atoms with Gasteiger partial charge in [0.05, 0.1) is 6.33 Å². The van der Waals surface area contributed by atoms with Crippen LogP contribution in [-0.2, 0) is 0 Å². The summed E-state index contributed by atoms with van der Waals surface area (Å²) in [5, 5.41) is -0.0477. The number of nitrogens with zero attached hydrogens (tertiary/aromatic N) is 1. The number of aromatic nitrogens is 2. The van der Waals surface area contributed by atoms with Crippen LogP contribution in [0.4, 0.5) is 0 Å². The van der Waals surface area contributed by atoms with Crippen molar-refractivity contribution >= 4 is 11.6 Å². The van der Waals surface area contributed by atoms with Crippen molar-refractivity contribution in [2.45, 2.75) is 26.2 Å². The fourth-order valence-electron chi connectivity index (χ4n) is 1.65. The second kappa shape index (κ2) is 5.89. The number of nitrogens with one attached hydrogen (secondary N) is 1. The summed E-state index contributed by atoms with van der Waals surface area (Å²) in [6, 6.07) is 7.70. The van der Waals surface area contributed by atoms with E-state index in [1.54, 1.807) is 0 Å². The number of H-pyrrole nitrogens is 1. The van der Waals surface area contributed by atoms with E-state index in [0.717, 1.165) is 6.42 Å². The lowest BCUT2D eigenvalue weighted by molar-refractivity contribution is 0.460. The van der Waals surface area contributed by atoms with Crippen molar-refractivity contribution < 1.29 is 4.74 Å². The van der Waals surface area contributed by atoms with E-state index in [9.17, 15) is 4.79 Å². The van der Waals surface area contributed by atoms with Crippen molar-refractivity contribution in [3.63, 3.8) is 0 Å². The van der Waals surface area contributed by atoms with E-state index in [0.29, 0.717) is 11.7 Å². The maximum Gasteiger partial charge on any atom is 0.273 e. The molecule has 0 spiro atoms. The van der Waals surface area contributed by atoms with Gasteiger partial charge < -0.3 is 9.72 Å². The molecule has 0 fully saturated rings. The zero-order valence-electron chi connectivity index (χ0n) is 10.8. The van der Waals surface area contributed by atoms with Crippen LogP contribution in [0.3, 0.4) is 0 Å². The van der Waals surface area contributed by atoms with E-state index in [1.165, 1.54) is 11.9 Å². The number of hydrogen-bond donors (Lipinski definition) is 1. The third-order valence-electron chi connectivity index (χ3n) is 3.04. The van der Waals surface area contributed by atoms with Gasteiger partial charge >= 0.3 is 0 Å². The zero-order chi connectivity index (χ0) is 13.8. The second-order valence-corrected chi connectivity index (χ2v) is 4.71. The highest BCUT2D eigenvalue weighted by Crippen LogP contribution is 2.26. The SMILES string of the molecule is CCC(C)c1ccc(Oc2nc[nH]c(=O)c2Cl)cc1. The second-order valence-electron chi connectivity index (χ2n) is 4.33. The van der Waals surface area contributed by atoms with Crippen molar-refractivity contribution in [2.75, 3.05) is 0 Å². The third kappa shape index (κ3) is 3.15. The molecule has 1 atom stereocenters. The van der Waals surface area contributed by atoms with Crippen molar-refractivity contribution in [3.05, 3.63) is 51.5 Å². The fraction of sp³-hybridized carbons (Fsp3) is 0.286. The first-order chi connectivity index (χ1) is 9.11. The molecule has 100 valence electrons. The Hall–Kier alpha value is -1.81. The summed E-state index contributed by atoms with van der Waals surface area (Å²) in [6.45, 7) is 4.32. The average Bonchev–Trinajstić information content (AvgIpc) is 2.44. The van der Waals surface area contributed by atoms with Crippen LogP contribution in [0, 0.1) is 0 Å². The summed E-state index contributed by atoms with van der Waals surface area (Å²) < 4.78 is 5.50. The minimum absolute atomic E-state index is 0.0477. The van der Waals surface area contributed by atoms with Gasteiger partial charge in [0.25, 0.3) is 5.56 Å². The van der Waals surface area contributed by atoms with Gasteiger partial charge in [-0.1, -0.05) is 37.6 Å². The Morgan fingerprint density at radius 1 is 1.37 bits per heavy atom. The van der Waals surface area contributed by atoms with Crippen molar-refractivity contribution in [1.29, 1.82) is 0 Å². The van der Waals surface area contributed by atoms with Crippen LogP contribution in [0.15, 0.2) is 35.4 Å². The molecule has 1 unspecified atom stereocenters. The molecule has 0 bridgehead atoms. The molecule has 0 aliphatic carbocycles. The van der Waals surface area contributed by atoms with E-state index < -0.39 is 5.56 Å². The first kappa shape index (κ1) is 13.6. The van der Waals surface area contributed by atoms with E-state index in [1.807, 2.05) is 24.3 Å². The maximum absolute atomic E-state index is 11.3. The Bertz CT molecular complexity index is 608. The molecule has 1 N–H and O–H groups in total. The molecule has 0 aliphatic rings. The molecule has 19 heavy (non-hydrogen) atoms. The molecular weight excluding hydrogens is 264 g/mol. The van der Waals surface area contributed by atoms with Gasteiger partial charge in [0.1, 0.15) is 5.75 Å². The minimum Gasteiger partial charge on any atom is -0.437 e. The van der Waals surface area contributed by atoms with E-state index in [2.05, 4.69) is 23.8 Å². The lowest BCUT2D eigenvalue weighted by atomic mass is 9.99. The molecule has 5 heteroatoms. The highest BCUT2D eigenvalue weighted by atomic mass is 35.5. The van der Waals surface area contributed by atoms with Crippen LogP contribution in [0.5, 0.6) is 11.6 Å². The van der Waals surface area contributed by atoms with E-state index >= 15 is 0 Å². The third-order valence-corrected chi connectivity index (χ3v) is 3.37. The molecular formula is C14H15ClN2O2. The number of aromatic amines is 1. The number of halogens is 1. The van der Waals surface area contributed by atoms with Crippen LogP contribution in [0.1, 0.15) is 31.7 Å². The molecule has 0 saturated carbocycles. The maximum atomic E-state index is 11.3. The first-order valence-corrected chi connectivity index (χ1v) is 6.50. The molecule has 0 amide bonds. The van der Waals surface area contributed by atoms with Gasteiger partial charge in [-0.3, -0.25) is 4.79 Å². The standard InChI is InChI=1S/C14H15ClN2O2/c1-3-9(2)10-4-6-11(7-5-10)19-14-12(15)13(18)16-8-17-14/h4-9H,3H2,1-2H3,(H,16,17,18). The number of rotatable bonds is 4. The fourth-order valence-corrected chi connectivity index (χ4v) is 1.79. The summed E-state index contributed by atoms with van der Waals surface area (Å²) in [4.78, 5) is 17.6. The zero-order valence-corrected chi connectivity index (χ0v) is 11.6. The summed E-state index contributed by atoms with van der Waals surface area (Å²) in [5.74, 6) is 1.23. The largest absolute Gasteiger partial charge is 0.437 e. The first-order valence-electron chi connectivity index (χ1n) is 6.12. The number of benzene rings is 1. The van der Waals surface area contributed by atoms with E-state index in [4.69, 9.17) is 16.3 Å². The number of hydrogen-bond acceptors (Lipinski definition) is 3. The summed E-state index contributed by atoms with van der Waals surface area (Å²) >= 11 is 5.82. The topological polar surface area (TPSA) is 55.0 Å². The molecule has 4 nitrogen and oxygen atoms in total. The van der Waals surface area contributed by atoms with Gasteiger partial charge in [-0.05, 0) is 30.0 Å². The van der Waals surface area contributed by atoms with Gasteiger partial charge in [0, 0.05) is 0 Å². The predicted molar refractivity (Wildman–Crippen MR) is 75.1 cm³/mol. The Morgan fingerprint density at radius 2 is 2.05 bits per heavy atom. The smallest absolute Gasteiger partial charge is 0.273 e. The molecule has 1 aromatic heterocycles. The van der Waals surface area contributed by atoms with Crippen molar-refractivity contribution in [2.24, 2.45) is 0 Å². The van der Waals surface area contributed by atoms with Crippen LogP contribution in [-0.4, -0.2) is 9.97 Å². The summed E-state index contributed by atoms with van der Waals surface area (Å²) in [6.07, 6.45) is 2.35. The van der Waals surface area contributed by atoms with Crippen LogP contribution >= 0.6 is 11.6 Å². The highest BCUT2D eigenvalue weighted by molar-refractivity contribution is 6.31. The Kier molecular flexibility index (Phi) is 4.22. The number of ether oxygens (including phenoxy) is 1. The van der Waals surface area contributed by atoms with Crippen molar-refractivity contribution in [1.82, 2.24) is 9.97 Å². The van der Waals surface area contributed by atoms with Gasteiger partial charge in [0.15, 0.2) is 5.02 Å². The summed E-state index contributed by atoms with van der Waals surface area (Å²) in [7, 11) is 0. The predicted octanol–water partition coefficient (Wildman–Crippen LogP) is 3.73. The van der Waals surface area contributed by atoms with Crippen molar-refractivity contribution in [3.8, 4) is 11.6 Å². The minimum atomic E-state index is -0.414. The van der Waals surface area contributed by atoms with Gasteiger partial charge in [-0.2, -0.15) is 0 Å².